The molecule has 1 N–H and O–H groups in total. The van der Waals surface area contributed by atoms with Gasteiger partial charge in [-0.2, -0.15) is 5.10 Å². The Bertz CT molecular complexity index is 1090. The highest BCUT2D eigenvalue weighted by Crippen LogP contribution is 2.33. The van der Waals surface area contributed by atoms with Crippen LogP contribution in [0.2, 0.25) is 0 Å². The maximum absolute atomic E-state index is 4.82. The SMILES string of the molecule is Cc1cn2nc(-c3cnc4cc([C@H]5CCNC5)sc4n3)cc2c(C)n1. The minimum atomic E-state index is 0.594. The van der Waals surface area contributed by atoms with Gasteiger partial charge in [0.15, 0.2) is 0 Å². The molecule has 7 heteroatoms. The smallest absolute Gasteiger partial charge is 0.142 e. The first-order valence-electron chi connectivity index (χ1n) is 8.48. The molecule has 1 atom stereocenters. The third-order valence-corrected chi connectivity index (χ3v) is 5.93. The maximum atomic E-state index is 4.82. The van der Waals surface area contributed by atoms with Gasteiger partial charge >= 0.3 is 0 Å². The van der Waals surface area contributed by atoms with Crippen LogP contribution in [0.3, 0.4) is 0 Å². The predicted molar refractivity (Wildman–Crippen MR) is 99.1 cm³/mol. The lowest BCUT2D eigenvalue weighted by Crippen LogP contribution is -2.07. The van der Waals surface area contributed by atoms with E-state index in [1.54, 1.807) is 11.3 Å². The molecule has 4 aromatic rings. The number of aromatic nitrogens is 5. The molecule has 4 aromatic heterocycles. The summed E-state index contributed by atoms with van der Waals surface area (Å²) < 4.78 is 1.88. The average Bonchev–Trinajstić information content (AvgIpc) is 3.32. The molecule has 5 rings (SSSR count). The molecular weight excluding hydrogens is 332 g/mol. The van der Waals surface area contributed by atoms with E-state index in [4.69, 9.17) is 4.98 Å². The average molecular weight is 350 g/mol. The first-order valence-corrected chi connectivity index (χ1v) is 9.30. The Morgan fingerprint density at radius 3 is 2.96 bits per heavy atom. The lowest BCUT2D eigenvalue weighted by molar-refractivity contribution is 0.779. The molecule has 0 aliphatic carbocycles. The van der Waals surface area contributed by atoms with Crippen molar-refractivity contribution in [2.45, 2.75) is 26.2 Å². The summed E-state index contributed by atoms with van der Waals surface area (Å²) >= 11 is 1.76. The van der Waals surface area contributed by atoms with Gasteiger partial charge in [0.05, 0.1) is 29.3 Å². The molecule has 6 nitrogen and oxygen atoms in total. The van der Waals surface area contributed by atoms with Crippen LogP contribution >= 0.6 is 11.3 Å². The standard InChI is InChI=1S/C18H18N6S/c1-10-9-24-16(11(2)21-10)5-13(23-24)15-8-20-14-6-17(25-18(14)22-15)12-3-4-19-7-12/h5-6,8-9,12,19H,3-4,7H2,1-2H3/t12-/m0/s1. The van der Waals surface area contributed by atoms with E-state index in [0.29, 0.717) is 5.92 Å². The first kappa shape index (κ1) is 14.9. The van der Waals surface area contributed by atoms with E-state index in [9.17, 15) is 0 Å². The van der Waals surface area contributed by atoms with Crippen LogP contribution in [0.4, 0.5) is 0 Å². The van der Waals surface area contributed by atoms with E-state index in [-0.39, 0.29) is 0 Å². The monoisotopic (exact) mass is 350 g/mol. The largest absolute Gasteiger partial charge is 0.316 e. The van der Waals surface area contributed by atoms with Gasteiger partial charge in [0.1, 0.15) is 21.7 Å². The topological polar surface area (TPSA) is 68.0 Å². The molecule has 126 valence electrons. The van der Waals surface area contributed by atoms with Crippen LogP contribution in [0.25, 0.3) is 27.3 Å². The molecule has 0 saturated carbocycles. The number of aryl methyl sites for hydroxylation is 2. The second-order valence-corrected chi connectivity index (χ2v) is 7.67. The summed E-state index contributed by atoms with van der Waals surface area (Å²) in [6.07, 6.45) is 4.95. The van der Waals surface area contributed by atoms with Gasteiger partial charge < -0.3 is 5.32 Å². The second kappa shape index (κ2) is 5.57. The fourth-order valence-corrected chi connectivity index (χ4v) is 4.59. The molecule has 5 heterocycles. The van der Waals surface area contributed by atoms with E-state index >= 15 is 0 Å². The molecule has 1 fully saturated rings. The Morgan fingerprint density at radius 2 is 2.12 bits per heavy atom. The third-order valence-electron chi connectivity index (χ3n) is 4.75. The number of nitrogens with one attached hydrogen (secondary N) is 1. The molecule has 1 saturated heterocycles. The van der Waals surface area contributed by atoms with Crippen LogP contribution in [-0.4, -0.2) is 37.7 Å². The van der Waals surface area contributed by atoms with Crippen molar-refractivity contribution in [3.05, 3.63) is 40.8 Å². The number of hydrogen-bond donors (Lipinski definition) is 1. The third kappa shape index (κ3) is 2.51. The van der Waals surface area contributed by atoms with Crippen LogP contribution in [0.5, 0.6) is 0 Å². The van der Waals surface area contributed by atoms with Crippen molar-refractivity contribution in [1.29, 1.82) is 0 Å². The molecular formula is C18H18N6S. The minimum Gasteiger partial charge on any atom is -0.316 e. The molecule has 0 spiro atoms. The van der Waals surface area contributed by atoms with Gasteiger partial charge in [0, 0.05) is 17.3 Å². The fraction of sp³-hybridized carbons (Fsp3) is 0.333. The van der Waals surface area contributed by atoms with Gasteiger partial charge in [-0.05, 0) is 38.9 Å². The minimum absolute atomic E-state index is 0.594. The number of nitrogens with zero attached hydrogens (tertiary/aromatic N) is 5. The highest BCUT2D eigenvalue weighted by Gasteiger charge is 2.20. The van der Waals surface area contributed by atoms with Crippen molar-refractivity contribution < 1.29 is 0 Å². The molecule has 25 heavy (non-hydrogen) atoms. The molecule has 0 amide bonds. The Balaban J connectivity index is 1.59. The van der Waals surface area contributed by atoms with Crippen molar-refractivity contribution >= 4 is 27.2 Å². The predicted octanol–water partition coefficient (Wildman–Crippen LogP) is 3.09. The second-order valence-electron chi connectivity index (χ2n) is 6.61. The van der Waals surface area contributed by atoms with Gasteiger partial charge in [-0.25, -0.2) is 9.50 Å². The first-order chi connectivity index (χ1) is 12.2. The maximum Gasteiger partial charge on any atom is 0.142 e. The summed E-state index contributed by atoms with van der Waals surface area (Å²) in [5, 5.41) is 8.09. The van der Waals surface area contributed by atoms with Gasteiger partial charge in [-0.3, -0.25) is 9.97 Å². The quantitative estimate of drug-likeness (QED) is 0.602. The number of rotatable bonds is 2. The van der Waals surface area contributed by atoms with E-state index < -0.39 is 0 Å². The van der Waals surface area contributed by atoms with E-state index in [0.717, 1.165) is 51.7 Å². The summed E-state index contributed by atoms with van der Waals surface area (Å²) in [6.45, 7) is 6.13. The lowest BCUT2D eigenvalue weighted by Gasteiger charge is -2.02. The van der Waals surface area contributed by atoms with Gasteiger partial charge in [0.2, 0.25) is 0 Å². The Hall–Kier alpha value is -2.38. The zero-order chi connectivity index (χ0) is 17.0. The Kier molecular flexibility index (Phi) is 3.33. The fourth-order valence-electron chi connectivity index (χ4n) is 3.47. The van der Waals surface area contributed by atoms with Crippen LogP contribution < -0.4 is 5.32 Å². The van der Waals surface area contributed by atoms with E-state index in [1.807, 2.05) is 36.8 Å². The normalized spacial score (nSPS) is 17.8. The molecule has 0 bridgehead atoms. The molecule has 0 aromatic carbocycles. The summed E-state index contributed by atoms with van der Waals surface area (Å²) in [6, 6.07) is 4.22. The van der Waals surface area contributed by atoms with Crippen molar-refractivity contribution in [2.24, 2.45) is 0 Å². The van der Waals surface area contributed by atoms with E-state index in [2.05, 4.69) is 26.4 Å². The van der Waals surface area contributed by atoms with E-state index in [1.165, 1.54) is 11.3 Å². The number of thiophene rings is 1. The summed E-state index contributed by atoms with van der Waals surface area (Å²) in [4.78, 5) is 16.3. The van der Waals surface area contributed by atoms with Crippen molar-refractivity contribution in [3.63, 3.8) is 0 Å². The molecule has 1 aliphatic heterocycles. The van der Waals surface area contributed by atoms with Gasteiger partial charge in [0.25, 0.3) is 0 Å². The van der Waals surface area contributed by atoms with Gasteiger partial charge in [-0.1, -0.05) is 0 Å². The Morgan fingerprint density at radius 1 is 1.20 bits per heavy atom. The Labute approximate surface area is 149 Å². The molecule has 0 radical (unpaired) electrons. The zero-order valence-corrected chi connectivity index (χ0v) is 15.0. The summed E-state index contributed by atoms with van der Waals surface area (Å²) in [5.41, 5.74) is 5.56. The molecule has 1 aliphatic rings. The number of fused-ring (bicyclic) bond motifs is 2. The highest BCUT2D eigenvalue weighted by atomic mass is 32.1. The number of hydrogen-bond acceptors (Lipinski definition) is 6. The summed E-state index contributed by atoms with van der Waals surface area (Å²) in [5.74, 6) is 0.594. The molecule has 0 unspecified atom stereocenters. The van der Waals surface area contributed by atoms with Crippen molar-refractivity contribution in [1.82, 2.24) is 29.9 Å². The van der Waals surface area contributed by atoms with Gasteiger partial charge in [-0.15, -0.1) is 11.3 Å². The highest BCUT2D eigenvalue weighted by molar-refractivity contribution is 7.18. The van der Waals surface area contributed by atoms with Crippen molar-refractivity contribution in [3.8, 4) is 11.4 Å². The van der Waals surface area contributed by atoms with Crippen LogP contribution in [0.1, 0.15) is 28.6 Å². The van der Waals surface area contributed by atoms with Crippen LogP contribution in [-0.2, 0) is 0 Å². The zero-order valence-electron chi connectivity index (χ0n) is 14.2. The van der Waals surface area contributed by atoms with Crippen LogP contribution in [0.15, 0.2) is 24.5 Å². The van der Waals surface area contributed by atoms with Crippen molar-refractivity contribution in [2.75, 3.05) is 13.1 Å². The lowest BCUT2D eigenvalue weighted by atomic mass is 10.1. The van der Waals surface area contributed by atoms with Crippen LogP contribution in [0, 0.1) is 13.8 Å². The summed E-state index contributed by atoms with van der Waals surface area (Å²) in [7, 11) is 0.